The van der Waals surface area contributed by atoms with Crippen LogP contribution >= 0.6 is 0 Å². The zero-order chi connectivity index (χ0) is 61.2. The van der Waals surface area contributed by atoms with E-state index in [4.69, 9.17) is 61.6 Å². The number of nitrogens with one attached hydrogen (secondary N) is 2. The average molecular weight is 1220 g/mol. The molecule has 7 aliphatic rings. The van der Waals surface area contributed by atoms with Gasteiger partial charge in [-0.1, -0.05) is 0 Å². The Morgan fingerprint density at radius 1 is 0.313 bits per heavy atom. The minimum atomic E-state index is -2.27. The van der Waals surface area contributed by atoms with Gasteiger partial charge >= 0.3 is 0 Å². The van der Waals surface area contributed by atoms with Crippen LogP contribution in [0.1, 0.15) is 20.8 Å². The molecular weight excluding hydrogens is 1140 g/mol. The fourth-order valence-electron chi connectivity index (χ4n) is 10.7. The summed E-state index contributed by atoms with van der Waals surface area (Å²) in [5.74, 6) is -1.76. The van der Waals surface area contributed by atoms with E-state index in [0.717, 1.165) is 13.8 Å². The van der Waals surface area contributed by atoms with E-state index in [1.165, 1.54) is 6.92 Å². The summed E-state index contributed by atoms with van der Waals surface area (Å²) >= 11 is 0. The first kappa shape index (κ1) is 68.1. The SMILES string of the molecule is CC(=O)N[C@H]1[C@H](O[C@H]2[C@@H](O)[C@@H](CO)O[C@@H](O[C@H]3[C@H](O)[C@@H](O)[C@H](O)O[C@@H]3CO)[C@@H]2O)O[C@H](CO)[C@@H](O[C@@H]2O[C@H](CO)[C@H](O)[C@H](O[C@@H]3O[C@H](CO)[C@@H](O[C@@H]4O[C@H](CO)[C@H](O)[C@H](O)[C@H]4O[C@@H]4O[C@@H](C)[C@@H](O)[C@@H](O)[C@@H]4O)[C@H](O)[C@H]3NC(C)=O)[C@H]2O)[C@@H]1O. The summed E-state index contributed by atoms with van der Waals surface area (Å²) in [7, 11) is 0. The number of aliphatic hydroxyl groups excluding tert-OH is 20. The summed E-state index contributed by atoms with van der Waals surface area (Å²) < 4.78 is 74.6. The van der Waals surface area contributed by atoms with Gasteiger partial charge in [0.05, 0.1) is 45.7 Å². The predicted octanol–water partition coefficient (Wildman–Crippen LogP) is -15.0. The lowest BCUT2D eigenvalue weighted by Gasteiger charge is -2.51. The van der Waals surface area contributed by atoms with Crippen LogP contribution in [0.4, 0.5) is 0 Å². The van der Waals surface area contributed by atoms with Crippen molar-refractivity contribution >= 4 is 11.8 Å². The smallest absolute Gasteiger partial charge is 0.217 e. The first-order chi connectivity index (χ1) is 39.2. The van der Waals surface area contributed by atoms with E-state index in [1.54, 1.807) is 0 Å². The number of hydrogen-bond acceptors (Lipinski definition) is 35. The highest BCUT2D eigenvalue weighted by molar-refractivity contribution is 5.73. The number of aliphatic hydroxyl groups is 20. The third-order valence-electron chi connectivity index (χ3n) is 15.3. The molecule has 7 rings (SSSR count). The largest absolute Gasteiger partial charge is 0.394 e. The Morgan fingerprint density at radius 3 is 1.06 bits per heavy atom. The number of amides is 2. The number of carbonyl (C=O) groups excluding carboxylic acids is 2. The van der Waals surface area contributed by atoms with Crippen LogP contribution in [-0.4, -0.2) is 368 Å². The molecule has 0 spiro atoms. The van der Waals surface area contributed by atoms with Gasteiger partial charge in [0, 0.05) is 13.8 Å². The van der Waals surface area contributed by atoms with E-state index >= 15 is 0 Å². The van der Waals surface area contributed by atoms with Crippen molar-refractivity contribution in [3.8, 4) is 0 Å². The lowest BCUT2D eigenvalue weighted by Crippen LogP contribution is -2.71. The Bertz CT molecular complexity index is 2050. The lowest BCUT2D eigenvalue weighted by atomic mass is 9.93. The summed E-state index contributed by atoms with van der Waals surface area (Å²) in [6.45, 7) is -2.79. The molecule has 0 radical (unpaired) electrons. The van der Waals surface area contributed by atoms with Gasteiger partial charge in [-0.3, -0.25) is 9.59 Å². The first-order valence-electron chi connectivity index (χ1n) is 26.5. The quantitative estimate of drug-likeness (QED) is 0.0538. The molecule has 83 heavy (non-hydrogen) atoms. The zero-order valence-electron chi connectivity index (χ0n) is 44.5. The molecule has 7 saturated heterocycles. The predicted molar refractivity (Wildman–Crippen MR) is 254 cm³/mol. The van der Waals surface area contributed by atoms with Gasteiger partial charge in [0.25, 0.3) is 0 Å². The molecule has 0 aromatic rings. The molecular formula is C46H78N2O35. The third kappa shape index (κ3) is 14.5. The summed E-state index contributed by atoms with van der Waals surface area (Å²) in [6, 6.07) is -3.66. The maximum absolute atomic E-state index is 12.7. The molecule has 22 N–H and O–H groups in total. The Labute approximate surface area is 470 Å². The van der Waals surface area contributed by atoms with Crippen LogP contribution in [0.15, 0.2) is 0 Å². The molecule has 0 aliphatic carbocycles. The van der Waals surface area contributed by atoms with Crippen LogP contribution in [0.5, 0.6) is 0 Å². The van der Waals surface area contributed by atoms with Gasteiger partial charge in [0.2, 0.25) is 11.8 Å². The monoisotopic (exact) mass is 1220 g/mol. The molecule has 0 bridgehead atoms. The second-order valence-corrected chi connectivity index (χ2v) is 21.0. The van der Waals surface area contributed by atoms with Crippen molar-refractivity contribution in [1.82, 2.24) is 10.6 Å². The summed E-state index contributed by atoms with van der Waals surface area (Å²) in [6.07, 6.45) is -62.9. The van der Waals surface area contributed by atoms with Crippen molar-refractivity contribution in [3.63, 3.8) is 0 Å². The van der Waals surface area contributed by atoms with E-state index < -0.39 is 266 Å². The van der Waals surface area contributed by atoms with E-state index in [0.29, 0.717) is 0 Å². The summed E-state index contributed by atoms with van der Waals surface area (Å²) in [5, 5.41) is 221. The van der Waals surface area contributed by atoms with Gasteiger partial charge in [0.15, 0.2) is 44.0 Å². The van der Waals surface area contributed by atoms with Gasteiger partial charge in [-0.25, -0.2) is 0 Å². The highest BCUT2D eigenvalue weighted by atomic mass is 16.8. The normalized spacial score (nSPS) is 50.8. The van der Waals surface area contributed by atoms with Crippen molar-refractivity contribution in [2.75, 3.05) is 39.6 Å². The maximum Gasteiger partial charge on any atom is 0.217 e. The topological polar surface area (TPSA) is 583 Å². The van der Waals surface area contributed by atoms with Crippen LogP contribution in [-0.2, 0) is 71.2 Å². The highest BCUT2D eigenvalue weighted by Gasteiger charge is 2.59. The minimum absolute atomic E-state index is 0.879. The second kappa shape index (κ2) is 29.3. The fourth-order valence-corrected chi connectivity index (χ4v) is 10.7. The molecule has 7 heterocycles. The molecule has 37 nitrogen and oxygen atoms in total. The molecule has 0 unspecified atom stereocenters. The number of carbonyl (C=O) groups is 2. The average Bonchev–Trinajstić information content (AvgIpc) is 3.51. The third-order valence-corrected chi connectivity index (χ3v) is 15.3. The van der Waals surface area contributed by atoms with Gasteiger partial charge in [0.1, 0.15) is 165 Å². The Morgan fingerprint density at radius 2 is 0.639 bits per heavy atom. The molecule has 2 amide bonds. The van der Waals surface area contributed by atoms with E-state index in [-0.39, 0.29) is 0 Å². The molecule has 0 aromatic heterocycles. The van der Waals surface area contributed by atoms with Crippen molar-refractivity contribution in [1.29, 1.82) is 0 Å². The summed E-state index contributed by atoms with van der Waals surface area (Å²) in [5.41, 5.74) is 0. The van der Waals surface area contributed by atoms with E-state index in [2.05, 4.69) is 10.6 Å². The molecule has 37 heteroatoms. The van der Waals surface area contributed by atoms with Crippen molar-refractivity contribution in [2.24, 2.45) is 0 Å². The van der Waals surface area contributed by atoms with Crippen LogP contribution in [0.2, 0.25) is 0 Å². The maximum atomic E-state index is 12.7. The van der Waals surface area contributed by atoms with E-state index in [9.17, 15) is 112 Å². The fraction of sp³-hybridized carbons (Fsp3) is 0.957. The lowest BCUT2D eigenvalue weighted by molar-refractivity contribution is -0.392. The molecule has 7 aliphatic heterocycles. The van der Waals surface area contributed by atoms with Gasteiger partial charge < -0.3 is 174 Å². The molecule has 0 aromatic carbocycles. The molecule has 0 saturated carbocycles. The van der Waals surface area contributed by atoms with Gasteiger partial charge in [-0.2, -0.15) is 0 Å². The number of rotatable bonds is 20. The van der Waals surface area contributed by atoms with Crippen LogP contribution < -0.4 is 10.6 Å². The zero-order valence-corrected chi connectivity index (χ0v) is 44.5. The number of hydrogen-bond donors (Lipinski definition) is 22. The van der Waals surface area contributed by atoms with Crippen molar-refractivity contribution in [3.05, 3.63) is 0 Å². The summed E-state index contributed by atoms with van der Waals surface area (Å²) in [4.78, 5) is 25.4. The van der Waals surface area contributed by atoms with Crippen LogP contribution in [0.3, 0.4) is 0 Å². The highest BCUT2D eigenvalue weighted by Crippen LogP contribution is 2.38. The second-order valence-electron chi connectivity index (χ2n) is 21.0. The first-order valence-corrected chi connectivity index (χ1v) is 26.5. The van der Waals surface area contributed by atoms with E-state index in [1.807, 2.05) is 0 Å². The Kier molecular flexibility index (Phi) is 24.0. The Balaban J connectivity index is 1.09. The molecule has 7 fully saturated rings. The van der Waals surface area contributed by atoms with Crippen molar-refractivity contribution in [2.45, 2.75) is 236 Å². The standard InChI is InChI=1S/C46H78N2O35/c1-10-21(57)27(63)31(67)43(71-10)83-39-28(64)22(58)13(4-49)75-46(39)80-35-18(9-54)77-42(20(26(35)62)48-12(3)56)81-37-23(59)14(5-50)73-44(32(37)68)78-34-17(8-53)76-41(19(25(34)61)47-11(2)55)82-38-24(60)15(6-51)74-45(33(38)69)79-36-16(7-52)72-40(70)30(66)29(36)65/h10,13-46,49-54,57-70H,4-9H2,1-3H3,(H,47,55)(H,48,56)/t10-,13+,14+,15+,16+,17+,18+,19+,20+,21+,22-,23-,24-,25+,26+,27+,28-,29+,30+,31-,32+,33+,34+,35+,36+,37-,38-,39+,40+,41-,42-,43-,44-,45-,46-/m0/s1. The van der Waals surface area contributed by atoms with Crippen LogP contribution in [0, 0.1) is 0 Å². The molecule has 35 atom stereocenters. The minimum Gasteiger partial charge on any atom is -0.394 e. The van der Waals surface area contributed by atoms with Gasteiger partial charge in [-0.15, -0.1) is 0 Å². The van der Waals surface area contributed by atoms with Gasteiger partial charge in [-0.05, 0) is 6.92 Å². The van der Waals surface area contributed by atoms with Crippen LogP contribution in [0.25, 0.3) is 0 Å². The Hall–Kier alpha value is -2.38. The molecule has 482 valence electrons. The van der Waals surface area contributed by atoms with Crippen molar-refractivity contribution < 1.29 is 173 Å². The number of ether oxygens (including phenoxy) is 13.